The molecule has 0 radical (unpaired) electrons. The Labute approximate surface area is 152 Å². The zero-order valence-electron chi connectivity index (χ0n) is 16.0. The van der Waals surface area contributed by atoms with Gasteiger partial charge in [-0.15, -0.1) is 0 Å². The van der Waals surface area contributed by atoms with Crippen LogP contribution in [0.3, 0.4) is 0 Å². The number of nitrogens with zero attached hydrogens (tertiary/aromatic N) is 3. The number of piperidine rings is 1. The summed E-state index contributed by atoms with van der Waals surface area (Å²) in [6, 6.07) is 6.66. The molecule has 3 nitrogen and oxygen atoms in total. The third-order valence-corrected chi connectivity index (χ3v) is 5.34. The Kier molecular flexibility index (Phi) is 6.18. The smallest absolute Gasteiger partial charge is 0.0605 e. The van der Waals surface area contributed by atoms with Gasteiger partial charge < -0.3 is 4.57 Å². The highest BCUT2D eigenvalue weighted by atomic mass is 15.1. The monoisotopic (exact) mass is 337 g/mol. The molecular formula is C22H31N3. The number of hydrogen-bond acceptors (Lipinski definition) is 2. The molecule has 0 aliphatic carbocycles. The van der Waals surface area contributed by atoms with E-state index in [0.29, 0.717) is 0 Å². The predicted octanol–water partition coefficient (Wildman–Crippen LogP) is 3.86. The topological polar surface area (TPSA) is 11.4 Å². The number of rotatable bonds is 5. The standard InChI is InChI=1S/C22H31N3/c1-4-24(5-2)15-9-10-19-11-12-22-21(16-19)20(17-23(22)3)18-25-13-7-6-8-14-25/h11-12,16-17H,4-8,13-15,18H2,1-3H3. The number of benzene rings is 1. The molecule has 0 unspecified atom stereocenters. The van der Waals surface area contributed by atoms with Crippen molar-refractivity contribution in [3.05, 3.63) is 35.5 Å². The van der Waals surface area contributed by atoms with Crippen LogP contribution in [0.1, 0.15) is 44.2 Å². The molecule has 1 aliphatic heterocycles. The maximum Gasteiger partial charge on any atom is 0.0605 e. The number of aryl methyl sites for hydroxylation is 1. The average Bonchev–Trinajstić information content (AvgIpc) is 2.95. The second kappa shape index (κ2) is 8.56. The van der Waals surface area contributed by atoms with Crippen molar-refractivity contribution in [2.24, 2.45) is 7.05 Å². The Hall–Kier alpha value is -1.76. The molecule has 1 fully saturated rings. The van der Waals surface area contributed by atoms with E-state index < -0.39 is 0 Å². The van der Waals surface area contributed by atoms with Crippen molar-refractivity contribution in [2.75, 3.05) is 32.7 Å². The lowest BCUT2D eigenvalue weighted by molar-refractivity contribution is 0.221. The van der Waals surface area contributed by atoms with Gasteiger partial charge in [0.05, 0.1) is 6.54 Å². The normalized spacial score (nSPS) is 15.5. The third kappa shape index (κ3) is 4.45. The fourth-order valence-electron chi connectivity index (χ4n) is 3.74. The number of likely N-dealkylation sites (tertiary alicyclic amines) is 1. The van der Waals surface area contributed by atoms with Crippen LogP contribution in [0.2, 0.25) is 0 Å². The summed E-state index contributed by atoms with van der Waals surface area (Å²) in [5, 5.41) is 1.36. The zero-order chi connectivity index (χ0) is 17.6. The summed E-state index contributed by atoms with van der Waals surface area (Å²) in [7, 11) is 2.15. The van der Waals surface area contributed by atoms with Crippen molar-refractivity contribution in [3.63, 3.8) is 0 Å². The van der Waals surface area contributed by atoms with Gasteiger partial charge >= 0.3 is 0 Å². The molecule has 0 atom stereocenters. The van der Waals surface area contributed by atoms with Gasteiger partial charge in [0, 0.05) is 36.3 Å². The predicted molar refractivity (Wildman–Crippen MR) is 107 cm³/mol. The molecule has 3 heteroatoms. The Balaban J connectivity index is 1.80. The quantitative estimate of drug-likeness (QED) is 0.768. The van der Waals surface area contributed by atoms with Gasteiger partial charge in [0.2, 0.25) is 0 Å². The molecule has 0 amide bonds. The van der Waals surface area contributed by atoms with Crippen LogP contribution in [-0.2, 0) is 13.6 Å². The van der Waals surface area contributed by atoms with E-state index in [2.05, 4.69) is 71.5 Å². The van der Waals surface area contributed by atoms with E-state index in [-0.39, 0.29) is 0 Å². The van der Waals surface area contributed by atoms with Gasteiger partial charge in [-0.25, -0.2) is 0 Å². The average molecular weight is 338 g/mol. The van der Waals surface area contributed by atoms with E-state index in [1.54, 1.807) is 0 Å². The molecule has 25 heavy (non-hydrogen) atoms. The molecule has 1 aromatic carbocycles. The summed E-state index contributed by atoms with van der Waals surface area (Å²) in [5.41, 5.74) is 3.87. The van der Waals surface area contributed by atoms with Gasteiger partial charge in [-0.1, -0.05) is 32.1 Å². The van der Waals surface area contributed by atoms with Crippen molar-refractivity contribution in [1.29, 1.82) is 0 Å². The minimum absolute atomic E-state index is 0.848. The number of hydrogen-bond donors (Lipinski definition) is 0. The van der Waals surface area contributed by atoms with E-state index >= 15 is 0 Å². The van der Waals surface area contributed by atoms with Crippen LogP contribution in [0, 0.1) is 11.8 Å². The maximum atomic E-state index is 3.36. The molecule has 0 spiro atoms. The molecule has 134 valence electrons. The Morgan fingerprint density at radius 3 is 2.56 bits per heavy atom. The van der Waals surface area contributed by atoms with E-state index in [4.69, 9.17) is 0 Å². The Morgan fingerprint density at radius 1 is 1.08 bits per heavy atom. The van der Waals surface area contributed by atoms with Crippen LogP contribution in [0.4, 0.5) is 0 Å². The molecule has 1 aliphatic rings. The van der Waals surface area contributed by atoms with Crippen molar-refractivity contribution in [3.8, 4) is 11.8 Å². The zero-order valence-corrected chi connectivity index (χ0v) is 16.0. The first-order valence-electron chi connectivity index (χ1n) is 9.72. The fraction of sp³-hybridized carbons (Fsp3) is 0.545. The van der Waals surface area contributed by atoms with Crippen molar-refractivity contribution >= 4 is 10.9 Å². The molecule has 1 saturated heterocycles. The van der Waals surface area contributed by atoms with E-state index in [1.807, 2.05) is 0 Å². The first-order valence-corrected chi connectivity index (χ1v) is 9.72. The van der Waals surface area contributed by atoms with Crippen molar-refractivity contribution < 1.29 is 0 Å². The molecule has 1 aromatic heterocycles. The molecule has 0 saturated carbocycles. The third-order valence-electron chi connectivity index (χ3n) is 5.34. The van der Waals surface area contributed by atoms with Crippen LogP contribution in [0.15, 0.2) is 24.4 Å². The Bertz CT molecular complexity index is 753. The summed E-state index contributed by atoms with van der Waals surface area (Å²) in [6.07, 6.45) is 6.37. The van der Waals surface area contributed by atoms with Gasteiger partial charge in [-0.3, -0.25) is 9.80 Å². The first kappa shape index (κ1) is 18.0. The fourth-order valence-corrected chi connectivity index (χ4v) is 3.74. The van der Waals surface area contributed by atoms with Gasteiger partial charge in [-0.2, -0.15) is 0 Å². The summed E-state index contributed by atoms with van der Waals surface area (Å²) >= 11 is 0. The van der Waals surface area contributed by atoms with Crippen LogP contribution in [0.25, 0.3) is 10.9 Å². The van der Waals surface area contributed by atoms with E-state index in [9.17, 15) is 0 Å². The van der Waals surface area contributed by atoms with Crippen molar-refractivity contribution in [2.45, 2.75) is 39.7 Å². The SMILES string of the molecule is CCN(CC)CC#Cc1ccc2c(c1)c(CN1CCCCC1)cn2C. The van der Waals surface area contributed by atoms with Crippen LogP contribution >= 0.6 is 0 Å². The first-order chi connectivity index (χ1) is 12.2. The summed E-state index contributed by atoms with van der Waals surface area (Å²) in [5.74, 6) is 6.70. The number of fused-ring (bicyclic) bond motifs is 1. The van der Waals surface area contributed by atoms with Crippen LogP contribution in [0.5, 0.6) is 0 Å². The molecule has 2 heterocycles. The summed E-state index contributed by atoms with van der Waals surface area (Å²) in [4.78, 5) is 4.94. The minimum atomic E-state index is 0.848. The molecule has 3 rings (SSSR count). The lowest BCUT2D eigenvalue weighted by Gasteiger charge is -2.26. The van der Waals surface area contributed by atoms with Gasteiger partial charge in [0.1, 0.15) is 0 Å². The Morgan fingerprint density at radius 2 is 1.84 bits per heavy atom. The van der Waals surface area contributed by atoms with Gasteiger partial charge in [0.15, 0.2) is 0 Å². The minimum Gasteiger partial charge on any atom is -0.350 e. The van der Waals surface area contributed by atoms with E-state index in [1.165, 1.54) is 48.8 Å². The molecule has 2 aromatic rings. The summed E-state index contributed by atoms with van der Waals surface area (Å²) in [6.45, 7) is 10.9. The summed E-state index contributed by atoms with van der Waals surface area (Å²) < 4.78 is 2.25. The highest BCUT2D eigenvalue weighted by Gasteiger charge is 2.14. The van der Waals surface area contributed by atoms with Crippen molar-refractivity contribution in [1.82, 2.24) is 14.4 Å². The lowest BCUT2D eigenvalue weighted by atomic mass is 10.1. The highest BCUT2D eigenvalue weighted by molar-refractivity contribution is 5.85. The van der Waals surface area contributed by atoms with Gasteiger partial charge in [0.25, 0.3) is 0 Å². The lowest BCUT2D eigenvalue weighted by Crippen LogP contribution is -2.28. The largest absolute Gasteiger partial charge is 0.350 e. The van der Waals surface area contributed by atoms with Crippen LogP contribution in [-0.4, -0.2) is 47.1 Å². The molecule has 0 bridgehead atoms. The second-order valence-corrected chi connectivity index (χ2v) is 7.10. The molecule has 0 N–H and O–H groups in total. The van der Waals surface area contributed by atoms with E-state index in [0.717, 1.165) is 31.7 Å². The van der Waals surface area contributed by atoms with Gasteiger partial charge in [-0.05, 0) is 62.8 Å². The maximum absolute atomic E-state index is 3.36. The highest BCUT2D eigenvalue weighted by Crippen LogP contribution is 2.24. The van der Waals surface area contributed by atoms with Crippen LogP contribution < -0.4 is 0 Å². The second-order valence-electron chi connectivity index (χ2n) is 7.10. The molecular weight excluding hydrogens is 306 g/mol. The number of aromatic nitrogens is 1.